The lowest BCUT2D eigenvalue weighted by molar-refractivity contribution is -0.134. The molecule has 4 heterocycles. The van der Waals surface area contributed by atoms with Crippen LogP contribution in [0.1, 0.15) is 55.2 Å². The average molecular weight is 423 g/mol. The van der Waals surface area contributed by atoms with Crippen LogP contribution in [0.5, 0.6) is 0 Å². The standard InChI is InChI=1S/C23H26N4O2S/c1-23(22(29)25-16-7-3-2-4-8-16)15-26-18-10-12-30-20(18)13-19(26)21(28)27(23)14-17-9-5-6-11-24-17/h5-6,9-13,16H,2-4,7-8,14-15H2,1H3,(H,25,29)/t23-/m1/s1. The number of thiophene rings is 1. The summed E-state index contributed by atoms with van der Waals surface area (Å²) in [6.07, 6.45) is 7.28. The molecule has 1 aliphatic carbocycles. The quantitative estimate of drug-likeness (QED) is 0.692. The summed E-state index contributed by atoms with van der Waals surface area (Å²) in [4.78, 5) is 33.3. The van der Waals surface area contributed by atoms with Gasteiger partial charge in [-0.1, -0.05) is 25.3 Å². The summed E-state index contributed by atoms with van der Waals surface area (Å²) in [5.41, 5.74) is 1.48. The number of carbonyl (C=O) groups is 2. The fourth-order valence-corrected chi connectivity index (χ4v) is 5.58. The minimum atomic E-state index is -0.979. The second-order valence-corrected chi connectivity index (χ2v) is 9.53. The monoisotopic (exact) mass is 422 g/mol. The molecule has 0 bridgehead atoms. The molecule has 1 atom stereocenters. The number of rotatable bonds is 4. The number of aromatic nitrogens is 2. The van der Waals surface area contributed by atoms with E-state index in [1.807, 2.05) is 47.2 Å². The van der Waals surface area contributed by atoms with Gasteiger partial charge in [-0.05, 0) is 49.4 Å². The minimum absolute atomic E-state index is 0.0681. The van der Waals surface area contributed by atoms with Crippen LogP contribution in [0, 0.1) is 0 Å². The van der Waals surface area contributed by atoms with E-state index in [0.717, 1.165) is 41.6 Å². The normalized spacial score (nSPS) is 22.3. The van der Waals surface area contributed by atoms with Gasteiger partial charge in [-0.25, -0.2) is 0 Å². The SMILES string of the molecule is C[C@]1(C(=O)NC2CCCCC2)Cn2c(cc3sccc32)C(=O)N1Cc1ccccn1. The Hall–Kier alpha value is -2.67. The van der Waals surface area contributed by atoms with Gasteiger partial charge < -0.3 is 14.8 Å². The number of amides is 2. The lowest BCUT2D eigenvalue weighted by atomic mass is 9.91. The highest BCUT2D eigenvalue weighted by atomic mass is 32.1. The number of nitrogens with one attached hydrogen (secondary N) is 1. The molecule has 1 fully saturated rings. The lowest BCUT2D eigenvalue weighted by Gasteiger charge is -2.44. The molecule has 6 nitrogen and oxygen atoms in total. The minimum Gasteiger partial charge on any atom is -0.351 e. The van der Waals surface area contributed by atoms with E-state index >= 15 is 0 Å². The fourth-order valence-electron chi connectivity index (χ4n) is 4.76. The third-order valence-corrected chi connectivity index (χ3v) is 7.38. The summed E-state index contributed by atoms with van der Waals surface area (Å²) in [7, 11) is 0. The molecular formula is C23H26N4O2S. The van der Waals surface area contributed by atoms with Crippen molar-refractivity contribution in [3.05, 3.63) is 53.3 Å². The molecule has 7 heteroatoms. The summed E-state index contributed by atoms with van der Waals surface area (Å²) >= 11 is 1.62. The van der Waals surface area contributed by atoms with Crippen LogP contribution in [0.25, 0.3) is 10.2 Å². The van der Waals surface area contributed by atoms with E-state index in [0.29, 0.717) is 18.8 Å². The third-order valence-electron chi connectivity index (χ3n) is 6.52. The van der Waals surface area contributed by atoms with Crippen LogP contribution in [0.2, 0.25) is 0 Å². The third kappa shape index (κ3) is 3.21. The predicted molar refractivity (Wildman–Crippen MR) is 117 cm³/mol. The lowest BCUT2D eigenvalue weighted by Crippen LogP contribution is -2.64. The largest absolute Gasteiger partial charge is 0.351 e. The summed E-state index contributed by atoms with van der Waals surface area (Å²) in [5, 5.41) is 5.30. The van der Waals surface area contributed by atoms with Crippen molar-refractivity contribution in [2.24, 2.45) is 0 Å². The molecule has 3 aromatic rings. The molecule has 1 N–H and O–H groups in total. The van der Waals surface area contributed by atoms with Gasteiger partial charge in [0.15, 0.2) is 0 Å². The molecule has 0 radical (unpaired) electrons. The van der Waals surface area contributed by atoms with Crippen molar-refractivity contribution in [2.45, 2.75) is 63.7 Å². The van der Waals surface area contributed by atoms with Crippen molar-refractivity contribution < 1.29 is 9.59 Å². The first-order valence-corrected chi connectivity index (χ1v) is 11.5. The topological polar surface area (TPSA) is 67.2 Å². The van der Waals surface area contributed by atoms with Crippen molar-refractivity contribution in [3.63, 3.8) is 0 Å². The molecule has 0 saturated heterocycles. The number of pyridine rings is 1. The fraction of sp³-hybridized carbons (Fsp3) is 0.435. The Bertz CT molecular complexity index is 1080. The van der Waals surface area contributed by atoms with Crippen molar-refractivity contribution in [1.82, 2.24) is 19.8 Å². The van der Waals surface area contributed by atoms with Gasteiger partial charge in [-0.2, -0.15) is 0 Å². The molecule has 0 unspecified atom stereocenters. The van der Waals surface area contributed by atoms with Crippen molar-refractivity contribution >= 4 is 33.4 Å². The van der Waals surface area contributed by atoms with Gasteiger partial charge in [-0.3, -0.25) is 14.6 Å². The van der Waals surface area contributed by atoms with Crippen molar-refractivity contribution in [1.29, 1.82) is 0 Å². The Morgan fingerprint density at radius 3 is 2.87 bits per heavy atom. The number of hydrogen-bond acceptors (Lipinski definition) is 4. The van der Waals surface area contributed by atoms with Crippen molar-refractivity contribution in [2.75, 3.05) is 0 Å². The van der Waals surface area contributed by atoms with Crippen LogP contribution >= 0.6 is 11.3 Å². The van der Waals surface area contributed by atoms with E-state index in [1.165, 1.54) is 6.42 Å². The summed E-state index contributed by atoms with van der Waals surface area (Å²) in [6, 6.07) is 9.85. The molecule has 0 spiro atoms. The summed E-state index contributed by atoms with van der Waals surface area (Å²) in [5.74, 6) is -0.182. The highest BCUT2D eigenvalue weighted by Gasteiger charge is 2.48. The molecule has 1 aliphatic heterocycles. The molecular weight excluding hydrogens is 396 g/mol. The number of carbonyl (C=O) groups excluding carboxylic acids is 2. The van der Waals surface area contributed by atoms with Gasteiger partial charge in [-0.15, -0.1) is 11.3 Å². The van der Waals surface area contributed by atoms with Crippen LogP contribution in [0.3, 0.4) is 0 Å². The highest BCUT2D eigenvalue weighted by molar-refractivity contribution is 7.17. The zero-order valence-electron chi connectivity index (χ0n) is 17.1. The molecule has 2 aliphatic rings. The Morgan fingerprint density at radius 2 is 2.10 bits per heavy atom. The Kier molecular flexibility index (Phi) is 4.85. The maximum Gasteiger partial charge on any atom is 0.271 e. The highest BCUT2D eigenvalue weighted by Crippen LogP contribution is 2.35. The van der Waals surface area contributed by atoms with Gasteiger partial charge in [0.05, 0.1) is 29.0 Å². The van der Waals surface area contributed by atoms with E-state index in [1.54, 1.807) is 22.4 Å². The van der Waals surface area contributed by atoms with Gasteiger partial charge >= 0.3 is 0 Å². The van der Waals surface area contributed by atoms with Crippen LogP contribution in [-0.2, 0) is 17.9 Å². The maximum absolute atomic E-state index is 13.6. The van der Waals surface area contributed by atoms with Gasteiger partial charge in [0.25, 0.3) is 5.91 Å². The van der Waals surface area contributed by atoms with Crippen LogP contribution < -0.4 is 5.32 Å². The first-order chi connectivity index (χ1) is 14.6. The van der Waals surface area contributed by atoms with E-state index in [9.17, 15) is 9.59 Å². The van der Waals surface area contributed by atoms with E-state index in [2.05, 4.69) is 10.3 Å². The smallest absolute Gasteiger partial charge is 0.271 e. The van der Waals surface area contributed by atoms with Crippen LogP contribution in [0.4, 0.5) is 0 Å². The maximum atomic E-state index is 13.6. The van der Waals surface area contributed by atoms with Gasteiger partial charge in [0.2, 0.25) is 5.91 Å². The van der Waals surface area contributed by atoms with Gasteiger partial charge in [0, 0.05) is 12.2 Å². The average Bonchev–Trinajstić information content (AvgIpc) is 3.35. The molecule has 30 heavy (non-hydrogen) atoms. The van der Waals surface area contributed by atoms with E-state index in [-0.39, 0.29) is 17.9 Å². The second-order valence-electron chi connectivity index (χ2n) is 8.58. The molecule has 0 aromatic carbocycles. The number of fused-ring (bicyclic) bond motifs is 3. The van der Waals surface area contributed by atoms with E-state index < -0.39 is 5.54 Å². The Balaban J connectivity index is 1.53. The summed E-state index contributed by atoms with van der Waals surface area (Å²) in [6.45, 7) is 2.65. The van der Waals surface area contributed by atoms with Crippen LogP contribution in [0.15, 0.2) is 41.9 Å². The second kappa shape index (κ2) is 7.54. The van der Waals surface area contributed by atoms with Gasteiger partial charge in [0.1, 0.15) is 11.2 Å². The number of hydrogen-bond donors (Lipinski definition) is 1. The zero-order valence-corrected chi connectivity index (χ0v) is 18.0. The molecule has 156 valence electrons. The molecule has 2 amide bonds. The Labute approximate surface area is 179 Å². The van der Waals surface area contributed by atoms with E-state index in [4.69, 9.17) is 0 Å². The molecule has 1 saturated carbocycles. The predicted octanol–water partition coefficient (Wildman–Crippen LogP) is 3.96. The van der Waals surface area contributed by atoms with Crippen molar-refractivity contribution in [3.8, 4) is 0 Å². The molecule has 5 rings (SSSR count). The van der Waals surface area contributed by atoms with Crippen LogP contribution in [-0.4, -0.2) is 37.8 Å². The first kappa shape index (κ1) is 19.3. The Morgan fingerprint density at radius 1 is 1.27 bits per heavy atom. The zero-order chi connectivity index (χ0) is 20.7. The first-order valence-electron chi connectivity index (χ1n) is 10.7. The number of nitrogens with zero attached hydrogens (tertiary/aromatic N) is 3. The summed E-state index contributed by atoms with van der Waals surface area (Å²) < 4.78 is 3.09. The molecule has 3 aromatic heterocycles.